The molecule has 0 atom stereocenters. The van der Waals surface area contributed by atoms with Crippen molar-refractivity contribution in [1.82, 2.24) is 5.32 Å². The third kappa shape index (κ3) is 2.20. The molecule has 0 bridgehead atoms. The fourth-order valence-corrected chi connectivity index (χ4v) is 3.68. The van der Waals surface area contributed by atoms with E-state index in [0.29, 0.717) is 23.3 Å². The molecule has 4 heteroatoms. The average Bonchev–Trinajstić information content (AvgIpc) is 2.62. The lowest BCUT2D eigenvalue weighted by atomic mass is 10.1. The van der Waals surface area contributed by atoms with E-state index in [-0.39, 0.29) is 0 Å². The molecule has 3 nitrogen and oxygen atoms in total. The van der Waals surface area contributed by atoms with E-state index < -0.39 is 9.84 Å². The van der Waals surface area contributed by atoms with Crippen LogP contribution >= 0.6 is 0 Å². The van der Waals surface area contributed by atoms with Gasteiger partial charge in [0, 0.05) is 13.1 Å². The summed E-state index contributed by atoms with van der Waals surface area (Å²) in [7, 11) is -2.72. The summed E-state index contributed by atoms with van der Waals surface area (Å²) in [5.74, 6) is 1.76. The van der Waals surface area contributed by atoms with Crippen LogP contribution in [0, 0.1) is 11.8 Å². The highest BCUT2D eigenvalue weighted by atomic mass is 32.2. The maximum Gasteiger partial charge on any atom is 0.150 e. The second kappa shape index (κ2) is 3.00. The fourth-order valence-electron chi connectivity index (χ4n) is 1.54. The Labute approximate surface area is 73.5 Å². The Balaban J connectivity index is 1.82. The summed E-state index contributed by atoms with van der Waals surface area (Å²) in [5, 5.41) is 3.09. The lowest BCUT2D eigenvalue weighted by Crippen LogP contribution is -2.45. The van der Waals surface area contributed by atoms with Crippen LogP contribution in [0.2, 0.25) is 0 Å². The Morgan fingerprint density at radius 1 is 1.08 bits per heavy atom. The molecule has 1 aliphatic carbocycles. The highest BCUT2D eigenvalue weighted by molar-refractivity contribution is 7.91. The van der Waals surface area contributed by atoms with E-state index in [1.807, 2.05) is 0 Å². The topological polar surface area (TPSA) is 46.2 Å². The summed E-state index contributed by atoms with van der Waals surface area (Å²) in [4.78, 5) is 0. The van der Waals surface area contributed by atoms with E-state index >= 15 is 0 Å². The zero-order valence-electron chi connectivity index (χ0n) is 7.12. The zero-order valence-corrected chi connectivity index (χ0v) is 7.94. The number of nitrogens with one attached hydrogen (secondary N) is 1. The van der Waals surface area contributed by atoms with Crippen molar-refractivity contribution in [3.05, 3.63) is 0 Å². The van der Waals surface area contributed by atoms with Crippen LogP contribution < -0.4 is 5.32 Å². The van der Waals surface area contributed by atoms with Crippen LogP contribution in [0.15, 0.2) is 0 Å². The van der Waals surface area contributed by atoms with E-state index in [9.17, 15) is 8.42 Å². The van der Waals surface area contributed by atoms with Crippen molar-refractivity contribution in [1.29, 1.82) is 0 Å². The molecule has 1 saturated carbocycles. The van der Waals surface area contributed by atoms with Crippen LogP contribution in [-0.4, -0.2) is 33.0 Å². The molecular weight excluding hydrogens is 174 g/mol. The highest BCUT2D eigenvalue weighted by Crippen LogP contribution is 2.30. The van der Waals surface area contributed by atoms with Gasteiger partial charge in [0.1, 0.15) is 0 Å². The zero-order chi connectivity index (χ0) is 8.60. The summed E-state index contributed by atoms with van der Waals surface area (Å²) in [6, 6.07) is 0. The van der Waals surface area contributed by atoms with Gasteiger partial charge in [-0.15, -0.1) is 0 Å². The van der Waals surface area contributed by atoms with E-state index in [4.69, 9.17) is 0 Å². The lowest BCUT2D eigenvalue weighted by Gasteiger charge is -2.26. The van der Waals surface area contributed by atoms with Gasteiger partial charge >= 0.3 is 0 Å². The molecule has 1 heterocycles. The Morgan fingerprint density at radius 3 is 2.08 bits per heavy atom. The molecular formula is C8H15NO2S. The van der Waals surface area contributed by atoms with Gasteiger partial charge < -0.3 is 5.32 Å². The standard InChI is InChI=1S/C8H15NO2S/c10-12(11,5-7-1-2-7)6-8-3-9-4-8/h7-9H,1-6H2. The molecule has 0 unspecified atom stereocenters. The van der Waals surface area contributed by atoms with E-state index in [2.05, 4.69) is 5.32 Å². The maximum absolute atomic E-state index is 11.5. The van der Waals surface area contributed by atoms with Crippen molar-refractivity contribution < 1.29 is 8.42 Å². The Morgan fingerprint density at radius 2 is 1.67 bits per heavy atom. The molecule has 1 saturated heterocycles. The van der Waals surface area contributed by atoms with Gasteiger partial charge in [0.15, 0.2) is 9.84 Å². The summed E-state index contributed by atoms with van der Waals surface area (Å²) in [6.45, 7) is 1.79. The molecule has 1 N–H and O–H groups in total. The fraction of sp³-hybridized carbons (Fsp3) is 1.00. The SMILES string of the molecule is O=S(=O)(CC1CC1)CC1CNC1. The van der Waals surface area contributed by atoms with Gasteiger partial charge in [-0.2, -0.15) is 0 Å². The van der Waals surface area contributed by atoms with E-state index in [1.54, 1.807) is 0 Å². The largest absolute Gasteiger partial charge is 0.316 e. The Hall–Kier alpha value is -0.0900. The number of hydrogen-bond donors (Lipinski definition) is 1. The first-order valence-electron chi connectivity index (χ1n) is 4.57. The molecule has 0 aromatic rings. The molecule has 0 aromatic heterocycles. The molecule has 0 spiro atoms. The van der Waals surface area contributed by atoms with Gasteiger partial charge in [-0.1, -0.05) is 0 Å². The van der Waals surface area contributed by atoms with Crippen LogP contribution in [0.25, 0.3) is 0 Å². The van der Waals surface area contributed by atoms with Gasteiger partial charge in [-0.05, 0) is 24.7 Å². The minimum Gasteiger partial charge on any atom is -0.316 e. The molecule has 12 heavy (non-hydrogen) atoms. The third-order valence-electron chi connectivity index (χ3n) is 2.54. The van der Waals surface area contributed by atoms with Crippen molar-refractivity contribution in [3.63, 3.8) is 0 Å². The predicted molar refractivity (Wildman–Crippen MR) is 47.7 cm³/mol. The van der Waals surface area contributed by atoms with Crippen molar-refractivity contribution in [2.24, 2.45) is 11.8 Å². The molecule has 2 fully saturated rings. The molecule has 1 aliphatic heterocycles. The Bertz CT molecular complexity index is 252. The van der Waals surface area contributed by atoms with E-state index in [0.717, 1.165) is 25.9 Å². The van der Waals surface area contributed by atoms with Gasteiger partial charge in [0.05, 0.1) is 11.5 Å². The second-order valence-electron chi connectivity index (χ2n) is 4.04. The molecule has 70 valence electrons. The minimum atomic E-state index is -2.72. The molecule has 0 aromatic carbocycles. The maximum atomic E-state index is 11.5. The van der Waals surface area contributed by atoms with E-state index in [1.165, 1.54) is 0 Å². The number of sulfone groups is 1. The summed E-state index contributed by atoms with van der Waals surface area (Å²) < 4.78 is 22.9. The lowest BCUT2D eigenvalue weighted by molar-refractivity contribution is 0.378. The molecule has 0 radical (unpaired) electrons. The van der Waals surface area contributed by atoms with Gasteiger partial charge in [0.25, 0.3) is 0 Å². The first-order chi connectivity index (χ1) is 5.66. The first-order valence-corrected chi connectivity index (χ1v) is 6.39. The third-order valence-corrected chi connectivity index (χ3v) is 4.50. The molecule has 2 aliphatic rings. The summed E-state index contributed by atoms with van der Waals surface area (Å²) in [5.41, 5.74) is 0. The van der Waals surface area contributed by atoms with Gasteiger partial charge in [0.2, 0.25) is 0 Å². The van der Waals surface area contributed by atoms with Crippen LogP contribution in [0.5, 0.6) is 0 Å². The Kier molecular flexibility index (Phi) is 2.12. The van der Waals surface area contributed by atoms with Gasteiger partial charge in [-0.25, -0.2) is 8.42 Å². The van der Waals surface area contributed by atoms with Crippen molar-refractivity contribution in [3.8, 4) is 0 Å². The highest BCUT2D eigenvalue weighted by Gasteiger charge is 2.31. The average molecular weight is 189 g/mol. The predicted octanol–water partition coefficient (Wildman–Crippen LogP) is 0.0306. The minimum absolute atomic E-state index is 0.397. The number of rotatable bonds is 4. The normalized spacial score (nSPS) is 25.3. The van der Waals surface area contributed by atoms with Crippen LogP contribution in [0.1, 0.15) is 12.8 Å². The van der Waals surface area contributed by atoms with Crippen molar-refractivity contribution in [2.45, 2.75) is 12.8 Å². The summed E-state index contributed by atoms with van der Waals surface area (Å²) >= 11 is 0. The second-order valence-corrected chi connectivity index (χ2v) is 6.20. The van der Waals surface area contributed by atoms with Crippen LogP contribution in [-0.2, 0) is 9.84 Å². The molecule has 2 rings (SSSR count). The molecule has 0 amide bonds. The smallest absolute Gasteiger partial charge is 0.150 e. The monoisotopic (exact) mass is 189 g/mol. The summed E-state index contributed by atoms with van der Waals surface area (Å²) in [6.07, 6.45) is 2.25. The van der Waals surface area contributed by atoms with Gasteiger partial charge in [-0.3, -0.25) is 0 Å². The van der Waals surface area contributed by atoms with Crippen LogP contribution in [0.3, 0.4) is 0 Å². The van der Waals surface area contributed by atoms with Crippen molar-refractivity contribution in [2.75, 3.05) is 24.6 Å². The first kappa shape index (κ1) is 8.51. The quantitative estimate of drug-likeness (QED) is 0.678. The van der Waals surface area contributed by atoms with Crippen LogP contribution in [0.4, 0.5) is 0 Å². The number of hydrogen-bond acceptors (Lipinski definition) is 3. The van der Waals surface area contributed by atoms with Crippen molar-refractivity contribution >= 4 is 9.84 Å².